The van der Waals surface area contributed by atoms with Crippen LogP contribution in [-0.4, -0.2) is 0 Å². The maximum absolute atomic E-state index is 2.41. The zero-order valence-electron chi connectivity index (χ0n) is 12.2. The fourth-order valence-corrected chi connectivity index (χ4v) is 3.67. The van der Waals surface area contributed by atoms with Gasteiger partial charge in [-0.1, -0.05) is 55.7 Å². The van der Waals surface area contributed by atoms with E-state index in [1.807, 2.05) is 0 Å². The van der Waals surface area contributed by atoms with E-state index in [9.17, 15) is 0 Å². The molecule has 1 saturated carbocycles. The van der Waals surface area contributed by atoms with E-state index in [1.165, 1.54) is 56.9 Å². The normalized spacial score (nSPS) is 30.9. The highest BCUT2D eigenvalue weighted by Crippen LogP contribution is 2.36. The van der Waals surface area contributed by atoms with Crippen LogP contribution in [0.1, 0.15) is 58.3 Å². The fourth-order valence-electron chi connectivity index (χ4n) is 3.67. The summed E-state index contributed by atoms with van der Waals surface area (Å²) < 4.78 is 0. The van der Waals surface area contributed by atoms with Crippen molar-refractivity contribution in [2.24, 2.45) is 11.8 Å². The molecule has 0 amide bonds. The van der Waals surface area contributed by atoms with E-state index in [0.29, 0.717) is 0 Å². The molecule has 0 aromatic rings. The zero-order valence-corrected chi connectivity index (χ0v) is 12.2. The van der Waals surface area contributed by atoms with Crippen LogP contribution in [0, 0.1) is 11.8 Å². The molecule has 0 saturated heterocycles. The lowest BCUT2D eigenvalue weighted by atomic mass is 9.79. The summed E-state index contributed by atoms with van der Waals surface area (Å²) in [5, 5.41) is 0. The molecule has 0 aromatic heterocycles. The van der Waals surface area contributed by atoms with Crippen molar-refractivity contribution in [3.63, 3.8) is 0 Å². The van der Waals surface area contributed by atoms with E-state index in [1.54, 1.807) is 11.1 Å². The van der Waals surface area contributed by atoms with Crippen molar-refractivity contribution in [1.29, 1.82) is 0 Å². The molecule has 0 nitrogen and oxygen atoms in total. The van der Waals surface area contributed by atoms with Gasteiger partial charge in [0.2, 0.25) is 0 Å². The van der Waals surface area contributed by atoms with Crippen LogP contribution in [0.2, 0.25) is 0 Å². The molecule has 1 fully saturated rings. The maximum atomic E-state index is 2.41. The van der Waals surface area contributed by atoms with Gasteiger partial charge in [-0.2, -0.15) is 0 Å². The Balaban J connectivity index is 1.50. The lowest BCUT2D eigenvalue weighted by molar-refractivity contribution is 0.288. The topological polar surface area (TPSA) is 0 Å². The fraction of sp³-hybridized carbons (Fsp3) is 0.579. The van der Waals surface area contributed by atoms with Crippen LogP contribution in [0.4, 0.5) is 0 Å². The summed E-state index contributed by atoms with van der Waals surface area (Å²) in [5.41, 5.74) is 4.71. The van der Waals surface area contributed by atoms with E-state index < -0.39 is 0 Å². The third kappa shape index (κ3) is 3.29. The third-order valence-corrected chi connectivity index (χ3v) is 4.99. The second-order valence-electron chi connectivity index (χ2n) is 6.66. The molecule has 102 valence electrons. The minimum atomic E-state index is 0.964. The molecule has 3 aliphatic carbocycles. The molecular weight excluding hydrogens is 228 g/mol. The Kier molecular flexibility index (Phi) is 4.06. The first-order chi connectivity index (χ1) is 9.31. The molecule has 3 aliphatic rings. The van der Waals surface area contributed by atoms with Crippen molar-refractivity contribution in [2.45, 2.75) is 58.3 Å². The molecule has 0 radical (unpaired) electrons. The summed E-state index contributed by atoms with van der Waals surface area (Å²) in [6, 6.07) is 0. The molecule has 0 bridgehead atoms. The Morgan fingerprint density at radius 1 is 1.05 bits per heavy atom. The number of hydrogen-bond donors (Lipinski definition) is 0. The Morgan fingerprint density at radius 2 is 1.89 bits per heavy atom. The Bertz CT molecular complexity index is 437. The van der Waals surface area contributed by atoms with Gasteiger partial charge >= 0.3 is 0 Å². The van der Waals surface area contributed by atoms with E-state index in [4.69, 9.17) is 0 Å². The van der Waals surface area contributed by atoms with Crippen molar-refractivity contribution in [2.75, 3.05) is 0 Å². The van der Waals surface area contributed by atoms with Crippen molar-refractivity contribution in [3.8, 4) is 0 Å². The average Bonchev–Trinajstić information content (AvgIpc) is 2.91. The van der Waals surface area contributed by atoms with Gasteiger partial charge in [-0.15, -0.1) is 0 Å². The molecule has 0 heterocycles. The van der Waals surface area contributed by atoms with Crippen LogP contribution in [0.3, 0.4) is 0 Å². The van der Waals surface area contributed by atoms with Crippen molar-refractivity contribution in [1.82, 2.24) is 0 Å². The zero-order chi connectivity index (χ0) is 13.1. The Morgan fingerprint density at radius 3 is 2.63 bits per heavy atom. The largest absolute Gasteiger partial charge is 0.0836 e. The smallest absolute Gasteiger partial charge is 0.00581 e. The number of allylic oxidation sites excluding steroid dienone is 8. The highest BCUT2D eigenvalue weighted by molar-refractivity contribution is 5.48. The molecule has 19 heavy (non-hydrogen) atoms. The first-order valence-electron chi connectivity index (χ1n) is 8.07. The molecule has 0 unspecified atom stereocenters. The molecule has 0 aromatic carbocycles. The molecular formula is C19H26. The summed E-state index contributed by atoms with van der Waals surface area (Å²) in [7, 11) is 0. The number of hydrogen-bond acceptors (Lipinski definition) is 0. The summed E-state index contributed by atoms with van der Waals surface area (Å²) in [5.74, 6) is 1.94. The second kappa shape index (κ2) is 5.94. The van der Waals surface area contributed by atoms with E-state index in [-0.39, 0.29) is 0 Å². The number of rotatable bonds is 3. The van der Waals surface area contributed by atoms with Gasteiger partial charge in [0.1, 0.15) is 0 Å². The summed E-state index contributed by atoms with van der Waals surface area (Å²) in [6.07, 6.45) is 22.6. The Labute approximate surface area is 118 Å². The third-order valence-electron chi connectivity index (χ3n) is 4.99. The minimum Gasteiger partial charge on any atom is -0.0836 e. The van der Waals surface area contributed by atoms with Gasteiger partial charge in [-0.25, -0.2) is 0 Å². The van der Waals surface area contributed by atoms with Gasteiger partial charge < -0.3 is 0 Å². The average molecular weight is 254 g/mol. The van der Waals surface area contributed by atoms with Crippen molar-refractivity contribution in [3.05, 3.63) is 47.1 Å². The quantitative estimate of drug-likeness (QED) is 0.603. The van der Waals surface area contributed by atoms with Gasteiger partial charge in [-0.05, 0) is 61.5 Å². The van der Waals surface area contributed by atoms with Crippen LogP contribution in [-0.2, 0) is 0 Å². The highest BCUT2D eigenvalue weighted by Gasteiger charge is 2.21. The minimum absolute atomic E-state index is 0.964. The van der Waals surface area contributed by atoms with Gasteiger partial charge in [0.05, 0.1) is 0 Å². The van der Waals surface area contributed by atoms with Crippen LogP contribution >= 0.6 is 0 Å². The van der Waals surface area contributed by atoms with Gasteiger partial charge in [0, 0.05) is 0 Å². The van der Waals surface area contributed by atoms with Crippen LogP contribution in [0.25, 0.3) is 0 Å². The first-order valence-corrected chi connectivity index (χ1v) is 8.07. The van der Waals surface area contributed by atoms with Gasteiger partial charge in [-0.3, -0.25) is 0 Å². The molecule has 0 heteroatoms. The van der Waals surface area contributed by atoms with Crippen LogP contribution in [0.5, 0.6) is 0 Å². The lowest BCUT2D eigenvalue weighted by Gasteiger charge is -2.26. The summed E-state index contributed by atoms with van der Waals surface area (Å²) in [6.45, 7) is 2.41. The molecule has 0 atom stereocenters. The van der Waals surface area contributed by atoms with E-state index in [0.717, 1.165) is 11.8 Å². The monoisotopic (exact) mass is 254 g/mol. The Hall–Kier alpha value is -1.04. The molecule has 0 spiro atoms. The summed E-state index contributed by atoms with van der Waals surface area (Å²) >= 11 is 0. The molecule has 0 N–H and O–H groups in total. The molecule has 3 rings (SSSR count). The van der Waals surface area contributed by atoms with E-state index in [2.05, 4.69) is 37.3 Å². The SMILES string of the molecule is CC1CCC(CC2=CC=C(C3=CCCC=C3)C2)CC1. The summed E-state index contributed by atoms with van der Waals surface area (Å²) in [4.78, 5) is 0. The first kappa shape index (κ1) is 13.0. The van der Waals surface area contributed by atoms with Gasteiger partial charge in [0.15, 0.2) is 0 Å². The van der Waals surface area contributed by atoms with E-state index >= 15 is 0 Å². The predicted octanol–water partition coefficient (Wildman–Crippen LogP) is 5.74. The van der Waals surface area contributed by atoms with Crippen LogP contribution in [0.15, 0.2) is 47.1 Å². The molecule has 0 aliphatic heterocycles. The van der Waals surface area contributed by atoms with Gasteiger partial charge in [0.25, 0.3) is 0 Å². The maximum Gasteiger partial charge on any atom is -0.00581 e. The lowest BCUT2D eigenvalue weighted by Crippen LogP contribution is -2.12. The highest BCUT2D eigenvalue weighted by atomic mass is 14.3. The predicted molar refractivity (Wildman–Crippen MR) is 83.0 cm³/mol. The van der Waals surface area contributed by atoms with Crippen molar-refractivity contribution < 1.29 is 0 Å². The van der Waals surface area contributed by atoms with Crippen LogP contribution < -0.4 is 0 Å². The standard InChI is InChI=1S/C19H26/c1-15-7-9-16(10-8-15)13-17-11-12-19(14-17)18-5-3-2-4-6-18/h3,5-6,11-12,15-16H,2,4,7-10,13-14H2,1H3. The van der Waals surface area contributed by atoms with Crippen molar-refractivity contribution >= 4 is 0 Å². The second-order valence-corrected chi connectivity index (χ2v) is 6.66.